The summed E-state index contributed by atoms with van der Waals surface area (Å²) in [7, 11) is 0. The van der Waals surface area contributed by atoms with Crippen LogP contribution >= 0.6 is 11.8 Å². The number of non-ortho nitro benzene ring substituents is 1. The molecule has 0 atom stereocenters. The lowest BCUT2D eigenvalue weighted by Crippen LogP contribution is -2.13. The molecule has 0 aliphatic carbocycles. The predicted octanol–water partition coefficient (Wildman–Crippen LogP) is 3.25. The van der Waals surface area contributed by atoms with E-state index >= 15 is 0 Å². The smallest absolute Gasteiger partial charge is 0.270 e. The molecule has 0 aromatic heterocycles. The van der Waals surface area contributed by atoms with E-state index in [4.69, 9.17) is 5.26 Å². The lowest BCUT2D eigenvalue weighted by atomic mass is 10.0. The molecule has 0 spiro atoms. The molecule has 0 heterocycles. The number of thioether (sulfide) groups is 1. The van der Waals surface area contributed by atoms with Crippen LogP contribution in [0.5, 0.6) is 0 Å². The number of nitro benzene ring substituents is 1. The van der Waals surface area contributed by atoms with Gasteiger partial charge < -0.3 is 0 Å². The number of nitrogens with one attached hydrogen (secondary N) is 1. The van der Waals surface area contributed by atoms with Gasteiger partial charge in [-0.05, 0) is 12.3 Å². The highest BCUT2D eigenvalue weighted by atomic mass is 32.2. The zero-order valence-electron chi connectivity index (χ0n) is 12.6. The van der Waals surface area contributed by atoms with Crippen LogP contribution in [0.4, 0.5) is 11.4 Å². The fourth-order valence-corrected chi connectivity index (χ4v) is 2.28. The van der Waals surface area contributed by atoms with Crippen LogP contribution in [0, 0.1) is 21.6 Å². The van der Waals surface area contributed by atoms with Crippen LogP contribution < -0.4 is 5.32 Å². The largest absolute Gasteiger partial charge is 0.289 e. The number of nitriles is 1. The number of ketones is 1. The van der Waals surface area contributed by atoms with Gasteiger partial charge in [0, 0.05) is 17.7 Å². The quantitative estimate of drug-likeness (QED) is 0.174. The number of nitrogens with zero attached hydrogens (tertiary/aromatic N) is 3. The molecule has 2 aromatic carbocycles. The van der Waals surface area contributed by atoms with E-state index in [1.165, 1.54) is 30.0 Å². The first-order valence-electron chi connectivity index (χ1n) is 6.72. The Morgan fingerprint density at radius 2 is 2.00 bits per heavy atom. The summed E-state index contributed by atoms with van der Waals surface area (Å²) in [6, 6.07) is 12.3. The highest BCUT2D eigenvalue weighted by Gasteiger charge is 2.18. The third kappa shape index (κ3) is 3.97. The third-order valence-corrected chi connectivity index (χ3v) is 3.63. The highest BCUT2D eigenvalue weighted by Crippen LogP contribution is 2.27. The minimum Gasteiger partial charge on any atom is -0.289 e. The molecular formula is C16H12N4O3S. The van der Waals surface area contributed by atoms with Crippen LogP contribution in [0.3, 0.4) is 0 Å². The number of benzene rings is 2. The van der Waals surface area contributed by atoms with Gasteiger partial charge in [-0.2, -0.15) is 5.26 Å². The number of carbonyl (C=O) groups excluding carboxylic acids is 1. The summed E-state index contributed by atoms with van der Waals surface area (Å²) >= 11 is 1.19. The van der Waals surface area contributed by atoms with Crippen molar-refractivity contribution in [2.75, 3.05) is 6.26 Å². The van der Waals surface area contributed by atoms with E-state index in [9.17, 15) is 14.9 Å². The second kappa shape index (κ2) is 7.89. The first-order chi connectivity index (χ1) is 11.6. The SMILES string of the molecule is CSC(=Nc1ccc([N+](=O)[O-])cc1C(=O)c1ccccc1)NC#N. The van der Waals surface area contributed by atoms with E-state index in [0.717, 1.165) is 0 Å². The number of hydrogen-bond donors (Lipinski definition) is 1. The van der Waals surface area contributed by atoms with Crippen LogP contribution in [-0.2, 0) is 0 Å². The van der Waals surface area contributed by atoms with Crippen molar-refractivity contribution in [1.29, 1.82) is 5.26 Å². The Morgan fingerprint density at radius 1 is 1.29 bits per heavy atom. The lowest BCUT2D eigenvalue weighted by Gasteiger charge is -2.07. The number of rotatable bonds is 4. The van der Waals surface area contributed by atoms with Gasteiger partial charge in [-0.3, -0.25) is 20.2 Å². The number of nitro groups is 1. The molecule has 0 amide bonds. The summed E-state index contributed by atoms with van der Waals surface area (Å²) in [5.74, 6) is -0.379. The zero-order valence-corrected chi connectivity index (χ0v) is 13.4. The van der Waals surface area contributed by atoms with E-state index < -0.39 is 4.92 Å². The average Bonchev–Trinajstić information content (AvgIpc) is 2.61. The number of aliphatic imine (C=N–C) groups is 1. The molecule has 2 aromatic rings. The number of carbonyl (C=O) groups is 1. The van der Waals surface area contributed by atoms with Crippen molar-refractivity contribution in [3.8, 4) is 6.19 Å². The van der Waals surface area contributed by atoms with Gasteiger partial charge in [0.15, 0.2) is 17.1 Å². The van der Waals surface area contributed by atoms with Crippen LogP contribution in [0.25, 0.3) is 0 Å². The van der Waals surface area contributed by atoms with Crippen molar-refractivity contribution in [3.05, 3.63) is 69.8 Å². The first kappa shape index (κ1) is 17.2. The molecule has 1 N–H and O–H groups in total. The molecule has 8 heteroatoms. The van der Waals surface area contributed by atoms with Crippen LogP contribution in [0.15, 0.2) is 53.5 Å². The van der Waals surface area contributed by atoms with Crippen LogP contribution in [-0.4, -0.2) is 22.1 Å². The summed E-state index contributed by atoms with van der Waals surface area (Å²) in [6.07, 6.45) is 3.47. The molecule has 0 bridgehead atoms. The van der Waals surface area contributed by atoms with E-state index in [2.05, 4.69) is 10.3 Å². The Balaban J connectivity index is 2.58. The predicted molar refractivity (Wildman–Crippen MR) is 92.3 cm³/mol. The molecule has 120 valence electrons. The topological polar surface area (TPSA) is 108 Å². The molecule has 7 nitrogen and oxygen atoms in total. The van der Waals surface area contributed by atoms with Crippen molar-refractivity contribution in [2.24, 2.45) is 4.99 Å². The minimum atomic E-state index is -0.571. The van der Waals surface area contributed by atoms with Crippen LogP contribution in [0.2, 0.25) is 0 Å². The second-order valence-electron chi connectivity index (χ2n) is 4.51. The van der Waals surface area contributed by atoms with Gasteiger partial charge in [0.25, 0.3) is 5.69 Å². The average molecular weight is 340 g/mol. The first-order valence-corrected chi connectivity index (χ1v) is 7.95. The number of hydrogen-bond acceptors (Lipinski definition) is 6. The molecule has 0 aliphatic rings. The van der Waals surface area contributed by atoms with E-state index in [1.807, 2.05) is 0 Å². The van der Waals surface area contributed by atoms with Gasteiger partial charge in [-0.1, -0.05) is 42.1 Å². The maximum atomic E-state index is 12.7. The van der Waals surface area contributed by atoms with Gasteiger partial charge in [-0.15, -0.1) is 0 Å². The molecule has 2 rings (SSSR count). The lowest BCUT2D eigenvalue weighted by molar-refractivity contribution is -0.384. The molecule has 24 heavy (non-hydrogen) atoms. The monoisotopic (exact) mass is 340 g/mol. The summed E-state index contributed by atoms with van der Waals surface area (Å²) < 4.78 is 0. The Labute approximate surface area is 142 Å². The Morgan fingerprint density at radius 3 is 2.58 bits per heavy atom. The summed E-state index contributed by atoms with van der Waals surface area (Å²) in [6.45, 7) is 0. The van der Waals surface area contributed by atoms with Gasteiger partial charge in [0.05, 0.1) is 16.2 Å². The fraction of sp³-hybridized carbons (Fsp3) is 0.0625. The summed E-state index contributed by atoms with van der Waals surface area (Å²) in [4.78, 5) is 27.3. The van der Waals surface area contributed by atoms with Gasteiger partial charge in [0.1, 0.15) is 0 Å². The summed E-state index contributed by atoms with van der Waals surface area (Å²) in [5.41, 5.74) is 0.545. The van der Waals surface area contributed by atoms with Crippen LogP contribution in [0.1, 0.15) is 15.9 Å². The second-order valence-corrected chi connectivity index (χ2v) is 5.31. The standard InChI is InChI=1S/C16H12N4O3S/c1-24-16(18-10-17)19-14-8-7-12(20(22)23)9-13(14)15(21)11-5-3-2-4-6-11/h2-9H,1H3,(H,18,19). The normalized spacial score (nSPS) is 10.8. The Hall–Kier alpha value is -3.18. The minimum absolute atomic E-state index is 0.0988. The fourth-order valence-electron chi connectivity index (χ4n) is 1.94. The third-order valence-electron chi connectivity index (χ3n) is 3.05. The highest BCUT2D eigenvalue weighted by molar-refractivity contribution is 8.13. The molecular weight excluding hydrogens is 328 g/mol. The zero-order chi connectivity index (χ0) is 17.5. The van der Waals surface area contributed by atoms with E-state index in [1.54, 1.807) is 42.8 Å². The van der Waals surface area contributed by atoms with Crippen molar-refractivity contribution in [1.82, 2.24) is 5.32 Å². The van der Waals surface area contributed by atoms with Gasteiger partial charge >= 0.3 is 0 Å². The maximum absolute atomic E-state index is 12.7. The molecule has 0 radical (unpaired) electrons. The molecule has 0 unspecified atom stereocenters. The Kier molecular flexibility index (Phi) is 5.65. The van der Waals surface area contributed by atoms with Crippen molar-refractivity contribution in [2.45, 2.75) is 0 Å². The number of amidine groups is 1. The van der Waals surface area contributed by atoms with Gasteiger partial charge in [-0.25, -0.2) is 4.99 Å². The van der Waals surface area contributed by atoms with Crippen molar-refractivity contribution < 1.29 is 9.72 Å². The Bertz CT molecular complexity index is 844. The molecule has 0 aliphatic heterocycles. The van der Waals surface area contributed by atoms with Crippen molar-refractivity contribution >= 4 is 34.1 Å². The summed E-state index contributed by atoms with van der Waals surface area (Å²) in [5, 5.41) is 22.4. The molecule has 0 saturated heterocycles. The molecule has 0 fully saturated rings. The van der Waals surface area contributed by atoms with Crippen molar-refractivity contribution in [3.63, 3.8) is 0 Å². The maximum Gasteiger partial charge on any atom is 0.270 e. The molecule has 0 saturated carbocycles. The van der Waals surface area contributed by atoms with E-state index in [-0.39, 0.29) is 27.9 Å². The van der Waals surface area contributed by atoms with E-state index in [0.29, 0.717) is 5.56 Å². The van der Waals surface area contributed by atoms with Gasteiger partial charge in [0.2, 0.25) is 0 Å².